The maximum Gasteiger partial charge on any atom is 0.256 e. The maximum atomic E-state index is 14.1. The van der Waals surface area contributed by atoms with Crippen LogP contribution in [0.25, 0.3) is 17.1 Å². The summed E-state index contributed by atoms with van der Waals surface area (Å²) in [6, 6.07) is 9.65. The quantitative estimate of drug-likeness (QED) is 0.458. The summed E-state index contributed by atoms with van der Waals surface area (Å²) in [5.74, 6) is -0.142. The third-order valence-corrected chi connectivity index (χ3v) is 5.67. The first-order valence-electron chi connectivity index (χ1n) is 10.5. The van der Waals surface area contributed by atoms with E-state index in [1.807, 2.05) is 19.1 Å². The van der Waals surface area contributed by atoms with Crippen LogP contribution in [0.4, 0.5) is 4.39 Å². The monoisotopic (exact) mass is 448 g/mol. The molecule has 0 radical (unpaired) electrons. The number of halogens is 1. The van der Waals surface area contributed by atoms with Crippen LogP contribution >= 0.6 is 0 Å². The fourth-order valence-corrected chi connectivity index (χ4v) is 4.12. The van der Waals surface area contributed by atoms with Gasteiger partial charge in [0.25, 0.3) is 5.91 Å². The van der Waals surface area contributed by atoms with E-state index in [9.17, 15) is 9.18 Å². The molecular formula is C23H21FN6O3. The molecule has 0 bridgehead atoms. The minimum absolute atomic E-state index is 0.0419. The highest BCUT2D eigenvalue weighted by Gasteiger charge is 2.36. The normalized spacial score (nSPS) is 15.7. The minimum atomic E-state index is -0.516. The number of para-hydroxylation sites is 1. The van der Waals surface area contributed by atoms with Gasteiger partial charge in [0.05, 0.1) is 36.3 Å². The molecule has 33 heavy (non-hydrogen) atoms. The Kier molecular flexibility index (Phi) is 5.33. The van der Waals surface area contributed by atoms with Crippen LogP contribution in [-0.2, 0) is 0 Å². The molecule has 1 aliphatic rings. The largest absolute Gasteiger partial charge is 0.493 e. The molecule has 5 rings (SSSR count). The Morgan fingerprint density at radius 3 is 2.82 bits per heavy atom. The van der Waals surface area contributed by atoms with Crippen molar-refractivity contribution in [1.82, 2.24) is 30.0 Å². The van der Waals surface area contributed by atoms with Crippen molar-refractivity contribution in [3.63, 3.8) is 0 Å². The lowest BCUT2D eigenvalue weighted by Crippen LogP contribution is -2.31. The van der Waals surface area contributed by atoms with Crippen molar-refractivity contribution in [2.24, 2.45) is 0 Å². The first-order chi connectivity index (χ1) is 16.1. The zero-order chi connectivity index (χ0) is 22.9. The van der Waals surface area contributed by atoms with Gasteiger partial charge in [0, 0.05) is 6.54 Å². The summed E-state index contributed by atoms with van der Waals surface area (Å²) in [6.45, 7) is 2.49. The van der Waals surface area contributed by atoms with Crippen molar-refractivity contribution in [2.45, 2.75) is 25.8 Å². The van der Waals surface area contributed by atoms with E-state index in [0.717, 1.165) is 12.0 Å². The van der Waals surface area contributed by atoms with Gasteiger partial charge >= 0.3 is 0 Å². The van der Waals surface area contributed by atoms with Gasteiger partial charge in [0.15, 0.2) is 11.6 Å². The van der Waals surface area contributed by atoms with Crippen molar-refractivity contribution in [1.29, 1.82) is 0 Å². The smallest absolute Gasteiger partial charge is 0.256 e. The van der Waals surface area contributed by atoms with Gasteiger partial charge < -0.3 is 14.2 Å². The Morgan fingerprint density at radius 2 is 2.03 bits per heavy atom. The molecule has 1 amide bonds. The highest BCUT2D eigenvalue weighted by atomic mass is 19.1. The molecule has 3 heterocycles. The molecule has 0 saturated carbocycles. The lowest BCUT2D eigenvalue weighted by Gasteiger charge is -2.23. The Morgan fingerprint density at radius 1 is 1.21 bits per heavy atom. The van der Waals surface area contributed by atoms with Crippen molar-refractivity contribution < 1.29 is 18.4 Å². The summed E-state index contributed by atoms with van der Waals surface area (Å²) in [5, 5.41) is 12.4. The van der Waals surface area contributed by atoms with Crippen LogP contribution in [0, 0.1) is 12.7 Å². The number of aromatic nitrogens is 5. The molecule has 0 unspecified atom stereocenters. The molecule has 0 N–H and O–H groups in total. The number of likely N-dealkylation sites (tertiary alicyclic amines) is 1. The van der Waals surface area contributed by atoms with E-state index in [-0.39, 0.29) is 17.5 Å². The van der Waals surface area contributed by atoms with Crippen LogP contribution in [-0.4, -0.2) is 49.6 Å². The Labute approximate surface area is 188 Å². The Bertz CT molecular complexity index is 1300. The van der Waals surface area contributed by atoms with Crippen molar-refractivity contribution in [3.8, 4) is 22.8 Å². The number of rotatable bonds is 5. The second-order valence-electron chi connectivity index (χ2n) is 7.77. The minimum Gasteiger partial charge on any atom is -0.493 e. The van der Waals surface area contributed by atoms with Crippen LogP contribution < -0.4 is 4.74 Å². The number of ether oxygens (including phenoxy) is 1. The lowest BCUT2D eigenvalue weighted by atomic mass is 10.1. The van der Waals surface area contributed by atoms with Gasteiger partial charge in [-0.05, 0) is 49.6 Å². The number of nitrogens with zero attached hydrogens (tertiary/aromatic N) is 6. The molecule has 0 spiro atoms. The van der Waals surface area contributed by atoms with Crippen LogP contribution in [0.2, 0.25) is 0 Å². The molecule has 0 aliphatic carbocycles. The Hall–Kier alpha value is -4.08. The summed E-state index contributed by atoms with van der Waals surface area (Å²) in [7, 11) is 1.38. The summed E-state index contributed by atoms with van der Waals surface area (Å²) in [4.78, 5) is 21.2. The van der Waals surface area contributed by atoms with E-state index >= 15 is 0 Å². The van der Waals surface area contributed by atoms with E-state index < -0.39 is 11.9 Å². The second-order valence-corrected chi connectivity index (χ2v) is 7.77. The molecule has 1 atom stereocenters. The van der Waals surface area contributed by atoms with Gasteiger partial charge in [-0.2, -0.15) is 20.0 Å². The number of hydrogen-bond acceptors (Lipinski definition) is 7. The number of amides is 1. The van der Waals surface area contributed by atoms with Gasteiger partial charge in [0.2, 0.25) is 11.7 Å². The maximum absolute atomic E-state index is 14.1. The standard InChI is InChI=1S/C23H21FN6O3/c1-14-8-9-15(19(13-14)30-25-10-11-26-30)23(31)29-12-4-7-18(29)22-27-21(28-33-22)16-5-3-6-17(24)20(16)32-2/h3,5-6,8-11,13,18H,4,7,12H2,1-2H3/t18-/m0/s1. The summed E-state index contributed by atoms with van der Waals surface area (Å²) in [5.41, 5.74) is 2.46. The molecule has 4 aromatic rings. The molecule has 1 aliphatic heterocycles. The summed E-state index contributed by atoms with van der Waals surface area (Å²) < 4.78 is 24.8. The average molecular weight is 448 g/mol. The number of aryl methyl sites for hydroxylation is 1. The zero-order valence-corrected chi connectivity index (χ0v) is 18.1. The van der Waals surface area contributed by atoms with E-state index in [1.54, 1.807) is 35.5 Å². The SMILES string of the molecule is COc1c(F)cccc1-c1noc([C@@H]2CCCN2C(=O)c2ccc(C)cc2-n2nccn2)n1. The molecule has 2 aromatic carbocycles. The predicted molar refractivity (Wildman–Crippen MR) is 115 cm³/mol. The lowest BCUT2D eigenvalue weighted by molar-refractivity contribution is 0.0709. The molecule has 1 saturated heterocycles. The van der Waals surface area contributed by atoms with Crippen LogP contribution in [0.1, 0.15) is 40.7 Å². The third-order valence-electron chi connectivity index (χ3n) is 5.67. The molecule has 9 nitrogen and oxygen atoms in total. The number of carbonyl (C=O) groups is 1. The molecule has 10 heteroatoms. The number of carbonyl (C=O) groups excluding carboxylic acids is 1. The highest BCUT2D eigenvalue weighted by molar-refractivity contribution is 5.98. The van der Waals surface area contributed by atoms with Crippen LogP contribution in [0.15, 0.2) is 53.3 Å². The van der Waals surface area contributed by atoms with Gasteiger partial charge in [0.1, 0.15) is 6.04 Å². The highest BCUT2D eigenvalue weighted by Crippen LogP contribution is 2.36. The van der Waals surface area contributed by atoms with E-state index in [1.165, 1.54) is 18.0 Å². The van der Waals surface area contributed by atoms with Crippen molar-refractivity contribution >= 4 is 5.91 Å². The Balaban J connectivity index is 1.47. The van der Waals surface area contributed by atoms with Crippen LogP contribution in [0.5, 0.6) is 5.75 Å². The number of methoxy groups -OCH3 is 1. The molecule has 168 valence electrons. The average Bonchev–Trinajstić information content (AvgIpc) is 3.60. The second kappa shape index (κ2) is 8.45. The fourth-order valence-electron chi connectivity index (χ4n) is 4.12. The molecule has 1 fully saturated rings. The topological polar surface area (TPSA) is 99.2 Å². The molecule has 2 aromatic heterocycles. The van der Waals surface area contributed by atoms with E-state index in [4.69, 9.17) is 9.26 Å². The van der Waals surface area contributed by atoms with E-state index in [0.29, 0.717) is 35.7 Å². The van der Waals surface area contributed by atoms with Gasteiger partial charge in [-0.1, -0.05) is 17.3 Å². The van der Waals surface area contributed by atoms with Crippen molar-refractivity contribution in [3.05, 3.63) is 71.6 Å². The first kappa shape index (κ1) is 20.8. The van der Waals surface area contributed by atoms with Gasteiger partial charge in [-0.25, -0.2) is 4.39 Å². The molecular weight excluding hydrogens is 427 g/mol. The predicted octanol–water partition coefficient (Wildman–Crippen LogP) is 3.75. The van der Waals surface area contributed by atoms with Gasteiger partial charge in [-0.3, -0.25) is 4.79 Å². The summed E-state index contributed by atoms with van der Waals surface area (Å²) in [6.07, 6.45) is 4.60. The number of hydrogen-bond donors (Lipinski definition) is 0. The fraction of sp³-hybridized carbons (Fsp3) is 0.261. The van der Waals surface area contributed by atoms with Gasteiger partial charge in [-0.15, -0.1) is 0 Å². The van der Waals surface area contributed by atoms with Crippen LogP contribution in [0.3, 0.4) is 0 Å². The third kappa shape index (κ3) is 3.73. The summed E-state index contributed by atoms with van der Waals surface area (Å²) >= 11 is 0. The first-order valence-corrected chi connectivity index (χ1v) is 10.5. The van der Waals surface area contributed by atoms with Crippen molar-refractivity contribution in [2.75, 3.05) is 13.7 Å². The zero-order valence-electron chi connectivity index (χ0n) is 18.1. The number of benzene rings is 2. The van der Waals surface area contributed by atoms with E-state index in [2.05, 4.69) is 20.3 Å².